The molecule has 7 nitrogen and oxygen atoms in total. The van der Waals surface area contributed by atoms with Crippen LogP contribution in [0.4, 0.5) is 5.69 Å². The Kier molecular flexibility index (Phi) is 7.04. The van der Waals surface area contributed by atoms with Gasteiger partial charge in [-0.2, -0.15) is 0 Å². The van der Waals surface area contributed by atoms with Gasteiger partial charge >= 0.3 is 0 Å². The minimum absolute atomic E-state index is 0.0140. The molecule has 2 fully saturated rings. The largest absolute Gasteiger partial charge is 0.373 e. The highest BCUT2D eigenvalue weighted by Gasteiger charge is 2.27. The number of carbonyl (C=O) groups excluding carboxylic acids is 2. The van der Waals surface area contributed by atoms with Crippen LogP contribution in [0.25, 0.3) is 0 Å². The van der Waals surface area contributed by atoms with Crippen LogP contribution in [0.1, 0.15) is 19.4 Å². The number of rotatable bonds is 5. The maximum absolute atomic E-state index is 12.6. The number of amides is 2. The Morgan fingerprint density at radius 1 is 0.964 bits per heavy atom. The maximum Gasteiger partial charge on any atom is 0.238 e. The second-order valence-electron chi connectivity index (χ2n) is 8.02. The molecule has 28 heavy (non-hydrogen) atoms. The number of nitrogens with one attached hydrogen (secondary N) is 1. The standard InChI is InChI=1S/C21H32N4O3/c1-16-4-6-19(7-5-16)22-20(26)14-23-8-10-25(11-9-23)21(27)15-24-12-17(2)28-18(3)13-24/h4-7,17-18H,8-15H2,1-3H3,(H,22,26)/t17-,18+. The van der Waals surface area contributed by atoms with E-state index in [1.807, 2.05) is 49.9 Å². The summed E-state index contributed by atoms with van der Waals surface area (Å²) in [7, 11) is 0. The highest BCUT2D eigenvalue weighted by Crippen LogP contribution is 2.12. The average Bonchev–Trinajstić information content (AvgIpc) is 2.63. The van der Waals surface area contributed by atoms with Crippen LogP contribution in [0.5, 0.6) is 0 Å². The fraction of sp³-hybridized carbons (Fsp3) is 0.619. The van der Waals surface area contributed by atoms with Crippen molar-refractivity contribution < 1.29 is 14.3 Å². The van der Waals surface area contributed by atoms with Crippen LogP contribution in [0.2, 0.25) is 0 Å². The molecule has 0 bridgehead atoms. The first-order chi connectivity index (χ1) is 13.4. The molecule has 0 aliphatic carbocycles. The number of piperazine rings is 1. The molecule has 1 N–H and O–H groups in total. The zero-order valence-corrected chi connectivity index (χ0v) is 17.2. The Hall–Kier alpha value is -1.96. The van der Waals surface area contributed by atoms with E-state index >= 15 is 0 Å². The predicted octanol–water partition coefficient (Wildman–Crippen LogP) is 1.19. The molecule has 2 aliphatic heterocycles. The Morgan fingerprint density at radius 3 is 2.18 bits per heavy atom. The summed E-state index contributed by atoms with van der Waals surface area (Å²) < 4.78 is 5.73. The molecular formula is C21H32N4O3. The van der Waals surface area contributed by atoms with Crippen molar-refractivity contribution in [3.05, 3.63) is 29.8 Å². The molecule has 7 heteroatoms. The molecule has 0 unspecified atom stereocenters. The van der Waals surface area contributed by atoms with Crippen LogP contribution in [-0.4, -0.2) is 91.1 Å². The van der Waals surface area contributed by atoms with Crippen molar-refractivity contribution in [2.24, 2.45) is 0 Å². The van der Waals surface area contributed by atoms with Gasteiger partial charge in [0.05, 0.1) is 25.3 Å². The summed E-state index contributed by atoms with van der Waals surface area (Å²) in [4.78, 5) is 31.1. The molecule has 0 radical (unpaired) electrons. The van der Waals surface area contributed by atoms with E-state index in [1.54, 1.807) is 0 Å². The maximum atomic E-state index is 12.6. The molecular weight excluding hydrogens is 356 g/mol. The molecule has 2 saturated heterocycles. The van der Waals surface area contributed by atoms with Gasteiger partial charge < -0.3 is 15.0 Å². The second kappa shape index (κ2) is 9.49. The summed E-state index contributed by atoms with van der Waals surface area (Å²) >= 11 is 0. The Labute approximate surface area is 167 Å². The van der Waals surface area contributed by atoms with Crippen LogP contribution in [0.3, 0.4) is 0 Å². The molecule has 2 heterocycles. The smallest absolute Gasteiger partial charge is 0.238 e. The Bertz CT molecular complexity index is 661. The van der Waals surface area contributed by atoms with Gasteiger partial charge in [0.2, 0.25) is 11.8 Å². The van der Waals surface area contributed by atoms with Crippen molar-refractivity contribution in [2.45, 2.75) is 33.0 Å². The molecule has 0 saturated carbocycles. The summed E-state index contributed by atoms with van der Waals surface area (Å²) in [5, 5.41) is 2.93. The number of nitrogens with zero attached hydrogens (tertiary/aromatic N) is 3. The number of morpholine rings is 1. The topological polar surface area (TPSA) is 65.1 Å². The lowest BCUT2D eigenvalue weighted by Gasteiger charge is -2.38. The molecule has 1 aromatic rings. The fourth-order valence-electron chi connectivity index (χ4n) is 3.90. The SMILES string of the molecule is Cc1ccc(NC(=O)CN2CCN(C(=O)CN3C[C@@H](C)O[C@@H](C)C3)CC2)cc1. The lowest BCUT2D eigenvalue weighted by Crippen LogP contribution is -2.54. The van der Waals surface area contributed by atoms with E-state index in [4.69, 9.17) is 4.74 Å². The molecule has 2 amide bonds. The number of hydrogen-bond acceptors (Lipinski definition) is 5. The first-order valence-electron chi connectivity index (χ1n) is 10.1. The van der Waals surface area contributed by atoms with Crippen molar-refractivity contribution in [3.8, 4) is 0 Å². The Morgan fingerprint density at radius 2 is 1.57 bits per heavy atom. The lowest BCUT2D eigenvalue weighted by atomic mass is 10.2. The van der Waals surface area contributed by atoms with Gasteiger partial charge in [0.25, 0.3) is 0 Å². The number of anilines is 1. The van der Waals surface area contributed by atoms with Crippen molar-refractivity contribution in [1.29, 1.82) is 0 Å². The van der Waals surface area contributed by atoms with E-state index in [0.29, 0.717) is 26.2 Å². The van der Waals surface area contributed by atoms with Gasteiger partial charge in [0.15, 0.2) is 0 Å². The average molecular weight is 389 g/mol. The van der Waals surface area contributed by atoms with Crippen molar-refractivity contribution >= 4 is 17.5 Å². The van der Waals surface area contributed by atoms with Crippen molar-refractivity contribution in [3.63, 3.8) is 0 Å². The van der Waals surface area contributed by atoms with E-state index in [2.05, 4.69) is 15.1 Å². The van der Waals surface area contributed by atoms with Gasteiger partial charge in [-0.15, -0.1) is 0 Å². The minimum Gasteiger partial charge on any atom is -0.373 e. The number of hydrogen-bond donors (Lipinski definition) is 1. The van der Waals surface area contributed by atoms with Crippen LogP contribution in [0.15, 0.2) is 24.3 Å². The molecule has 0 spiro atoms. The predicted molar refractivity (Wildman–Crippen MR) is 109 cm³/mol. The van der Waals surface area contributed by atoms with Gasteiger partial charge in [-0.05, 0) is 32.9 Å². The van der Waals surface area contributed by atoms with E-state index in [-0.39, 0.29) is 24.0 Å². The summed E-state index contributed by atoms with van der Waals surface area (Å²) in [6.45, 7) is 11.3. The molecule has 2 aliphatic rings. The molecule has 1 aromatic carbocycles. The Balaban J connectivity index is 1.39. The van der Waals surface area contributed by atoms with Crippen LogP contribution >= 0.6 is 0 Å². The zero-order valence-electron chi connectivity index (χ0n) is 17.2. The number of aryl methyl sites for hydroxylation is 1. The van der Waals surface area contributed by atoms with Gasteiger partial charge in [-0.1, -0.05) is 17.7 Å². The van der Waals surface area contributed by atoms with Gasteiger partial charge in [-0.3, -0.25) is 19.4 Å². The quantitative estimate of drug-likeness (QED) is 0.821. The number of benzene rings is 1. The van der Waals surface area contributed by atoms with Crippen LogP contribution < -0.4 is 5.32 Å². The molecule has 3 rings (SSSR count). The van der Waals surface area contributed by atoms with Crippen LogP contribution in [0, 0.1) is 6.92 Å². The number of carbonyl (C=O) groups is 2. The van der Waals surface area contributed by atoms with E-state index < -0.39 is 0 Å². The monoisotopic (exact) mass is 388 g/mol. The summed E-state index contributed by atoms with van der Waals surface area (Å²) in [5.74, 6) is 0.157. The zero-order chi connectivity index (χ0) is 20.1. The summed E-state index contributed by atoms with van der Waals surface area (Å²) in [6.07, 6.45) is 0.334. The molecule has 2 atom stereocenters. The van der Waals surface area contributed by atoms with Gasteiger partial charge in [-0.25, -0.2) is 0 Å². The van der Waals surface area contributed by atoms with E-state index in [0.717, 1.165) is 31.9 Å². The third-order valence-electron chi connectivity index (χ3n) is 5.28. The summed E-state index contributed by atoms with van der Waals surface area (Å²) in [5.41, 5.74) is 1.98. The third kappa shape index (κ3) is 6.02. The highest BCUT2D eigenvalue weighted by molar-refractivity contribution is 5.92. The van der Waals surface area contributed by atoms with Crippen molar-refractivity contribution in [2.75, 3.05) is 57.7 Å². The van der Waals surface area contributed by atoms with E-state index in [1.165, 1.54) is 5.56 Å². The highest BCUT2D eigenvalue weighted by atomic mass is 16.5. The normalized spacial score (nSPS) is 24.2. The number of ether oxygens (including phenoxy) is 1. The second-order valence-corrected chi connectivity index (χ2v) is 8.02. The lowest BCUT2D eigenvalue weighted by molar-refractivity contribution is -0.137. The first-order valence-corrected chi connectivity index (χ1v) is 10.1. The van der Waals surface area contributed by atoms with Crippen LogP contribution in [-0.2, 0) is 14.3 Å². The third-order valence-corrected chi connectivity index (χ3v) is 5.28. The molecule has 154 valence electrons. The molecule has 0 aromatic heterocycles. The van der Waals surface area contributed by atoms with Crippen molar-refractivity contribution in [1.82, 2.24) is 14.7 Å². The van der Waals surface area contributed by atoms with E-state index in [9.17, 15) is 9.59 Å². The summed E-state index contributed by atoms with van der Waals surface area (Å²) in [6, 6.07) is 7.79. The fourth-order valence-corrected chi connectivity index (χ4v) is 3.90. The minimum atomic E-state index is -0.0140. The van der Waals surface area contributed by atoms with Gasteiger partial charge in [0.1, 0.15) is 0 Å². The first kappa shape index (κ1) is 20.8. The van der Waals surface area contributed by atoms with Gasteiger partial charge in [0, 0.05) is 45.0 Å².